The molecule has 142 valence electrons. The normalized spacial score (nSPS) is 11.1. The fraction of sp³-hybridized carbons (Fsp3) is 0.182. The summed E-state index contributed by atoms with van der Waals surface area (Å²) in [4.78, 5) is 16.3. The third-order valence-electron chi connectivity index (χ3n) is 4.79. The highest BCUT2D eigenvalue weighted by atomic mass is 32.1. The van der Waals surface area contributed by atoms with Crippen LogP contribution in [0.3, 0.4) is 0 Å². The minimum Gasteiger partial charge on any atom is -0.311 e. The number of aryl methyl sites for hydroxylation is 2. The van der Waals surface area contributed by atoms with E-state index in [2.05, 4.69) is 5.10 Å². The van der Waals surface area contributed by atoms with E-state index in [-0.39, 0.29) is 11.7 Å². The van der Waals surface area contributed by atoms with E-state index in [1.807, 2.05) is 48.9 Å². The minimum absolute atomic E-state index is 0.0437. The zero-order chi connectivity index (χ0) is 19.8. The molecular formula is C22H20FN3OS. The molecule has 0 saturated heterocycles. The Kier molecular flexibility index (Phi) is 4.73. The van der Waals surface area contributed by atoms with Gasteiger partial charge in [-0.15, -0.1) is 11.3 Å². The van der Waals surface area contributed by atoms with Crippen molar-refractivity contribution in [2.24, 2.45) is 0 Å². The van der Waals surface area contributed by atoms with Gasteiger partial charge < -0.3 is 4.90 Å². The number of aromatic nitrogens is 2. The lowest BCUT2D eigenvalue weighted by molar-refractivity contribution is 0.0997. The Labute approximate surface area is 166 Å². The molecule has 2 aromatic carbocycles. The average molecular weight is 393 g/mol. The van der Waals surface area contributed by atoms with E-state index in [1.54, 1.807) is 24.1 Å². The number of carbonyl (C=O) groups excluding carboxylic acids is 1. The summed E-state index contributed by atoms with van der Waals surface area (Å²) in [5, 5.41) is 5.57. The second-order valence-electron chi connectivity index (χ2n) is 6.90. The molecule has 4 nitrogen and oxygen atoms in total. The van der Waals surface area contributed by atoms with Gasteiger partial charge in [0.25, 0.3) is 5.91 Å². The number of amides is 1. The van der Waals surface area contributed by atoms with Crippen molar-refractivity contribution >= 4 is 33.1 Å². The zero-order valence-electron chi connectivity index (χ0n) is 15.9. The topological polar surface area (TPSA) is 38.1 Å². The average Bonchev–Trinajstić information content (AvgIpc) is 3.24. The van der Waals surface area contributed by atoms with Gasteiger partial charge in [0, 0.05) is 18.1 Å². The first-order valence-corrected chi connectivity index (χ1v) is 9.80. The predicted octanol–water partition coefficient (Wildman–Crippen LogP) is 5.18. The zero-order valence-corrected chi connectivity index (χ0v) is 16.8. The molecule has 0 aliphatic rings. The summed E-state index contributed by atoms with van der Waals surface area (Å²) in [7, 11) is 1.79. The number of benzene rings is 2. The SMILES string of the molecule is Cc1ccc(N(C)C(=O)c2cc3c(C)nn(Cc4ccc(F)cc4)c3s2)cc1. The summed E-state index contributed by atoms with van der Waals surface area (Å²) in [6, 6.07) is 16.2. The van der Waals surface area contributed by atoms with Crippen LogP contribution in [0.4, 0.5) is 10.1 Å². The third kappa shape index (κ3) is 3.43. The maximum atomic E-state index is 13.1. The molecular weight excluding hydrogens is 373 g/mol. The molecule has 6 heteroatoms. The van der Waals surface area contributed by atoms with Crippen LogP contribution in [0.5, 0.6) is 0 Å². The van der Waals surface area contributed by atoms with E-state index in [1.165, 1.54) is 23.5 Å². The highest BCUT2D eigenvalue weighted by Crippen LogP contribution is 2.30. The first kappa shape index (κ1) is 18.4. The van der Waals surface area contributed by atoms with E-state index in [0.717, 1.165) is 32.7 Å². The van der Waals surface area contributed by atoms with Crippen LogP contribution in [-0.4, -0.2) is 22.7 Å². The molecule has 1 amide bonds. The van der Waals surface area contributed by atoms with Crippen molar-refractivity contribution in [2.75, 3.05) is 11.9 Å². The van der Waals surface area contributed by atoms with Crippen molar-refractivity contribution in [3.63, 3.8) is 0 Å². The van der Waals surface area contributed by atoms with Crippen LogP contribution < -0.4 is 4.90 Å². The van der Waals surface area contributed by atoms with Gasteiger partial charge in [0.05, 0.1) is 17.1 Å². The summed E-state index contributed by atoms with van der Waals surface area (Å²) < 4.78 is 15.0. The number of halogens is 1. The maximum Gasteiger partial charge on any atom is 0.268 e. The van der Waals surface area contributed by atoms with E-state index in [0.29, 0.717) is 11.4 Å². The molecule has 28 heavy (non-hydrogen) atoms. The summed E-state index contributed by atoms with van der Waals surface area (Å²) >= 11 is 1.44. The van der Waals surface area contributed by atoms with Gasteiger partial charge in [0.2, 0.25) is 0 Å². The molecule has 0 radical (unpaired) electrons. The highest BCUT2D eigenvalue weighted by molar-refractivity contribution is 7.20. The fourth-order valence-corrected chi connectivity index (χ4v) is 4.28. The largest absolute Gasteiger partial charge is 0.311 e. The number of hydrogen-bond donors (Lipinski definition) is 0. The summed E-state index contributed by atoms with van der Waals surface area (Å²) in [5.41, 5.74) is 3.86. The summed E-state index contributed by atoms with van der Waals surface area (Å²) in [5.74, 6) is -0.300. The Morgan fingerprint density at radius 1 is 1.11 bits per heavy atom. The lowest BCUT2D eigenvalue weighted by atomic mass is 10.2. The van der Waals surface area contributed by atoms with Gasteiger partial charge in [-0.2, -0.15) is 5.10 Å². The molecule has 0 unspecified atom stereocenters. The number of hydrogen-bond acceptors (Lipinski definition) is 3. The Hall–Kier alpha value is -2.99. The van der Waals surface area contributed by atoms with Crippen LogP contribution in [0.15, 0.2) is 54.6 Å². The van der Waals surface area contributed by atoms with Gasteiger partial charge in [-0.3, -0.25) is 9.48 Å². The molecule has 0 aliphatic heterocycles. The second-order valence-corrected chi connectivity index (χ2v) is 7.93. The quantitative estimate of drug-likeness (QED) is 0.479. The smallest absolute Gasteiger partial charge is 0.268 e. The van der Waals surface area contributed by atoms with E-state index < -0.39 is 0 Å². The Morgan fingerprint density at radius 3 is 2.46 bits per heavy atom. The van der Waals surface area contributed by atoms with Crippen molar-refractivity contribution in [2.45, 2.75) is 20.4 Å². The van der Waals surface area contributed by atoms with Crippen molar-refractivity contribution in [3.8, 4) is 0 Å². The molecule has 0 atom stereocenters. The van der Waals surface area contributed by atoms with Gasteiger partial charge in [-0.05, 0) is 49.7 Å². The van der Waals surface area contributed by atoms with Gasteiger partial charge in [0.15, 0.2) is 0 Å². The maximum absolute atomic E-state index is 13.1. The summed E-state index contributed by atoms with van der Waals surface area (Å²) in [6.07, 6.45) is 0. The first-order chi connectivity index (χ1) is 13.4. The Balaban J connectivity index is 1.64. The molecule has 2 aromatic heterocycles. The van der Waals surface area contributed by atoms with Crippen molar-refractivity contribution in [1.29, 1.82) is 0 Å². The fourth-order valence-electron chi connectivity index (χ4n) is 3.14. The number of carbonyl (C=O) groups is 1. The highest BCUT2D eigenvalue weighted by Gasteiger charge is 2.20. The summed E-state index contributed by atoms with van der Waals surface area (Å²) in [6.45, 7) is 4.49. The van der Waals surface area contributed by atoms with Crippen LogP contribution in [0.2, 0.25) is 0 Å². The molecule has 0 fully saturated rings. The lowest BCUT2D eigenvalue weighted by Gasteiger charge is -2.16. The molecule has 0 N–H and O–H groups in total. The van der Waals surface area contributed by atoms with Crippen LogP contribution >= 0.6 is 11.3 Å². The Bertz CT molecular complexity index is 1140. The number of rotatable bonds is 4. The van der Waals surface area contributed by atoms with Crippen LogP contribution in [0, 0.1) is 19.7 Å². The Morgan fingerprint density at radius 2 is 1.79 bits per heavy atom. The van der Waals surface area contributed by atoms with E-state index in [4.69, 9.17) is 0 Å². The van der Waals surface area contributed by atoms with Crippen LogP contribution in [-0.2, 0) is 6.54 Å². The molecule has 4 rings (SSSR count). The van der Waals surface area contributed by atoms with E-state index in [9.17, 15) is 9.18 Å². The predicted molar refractivity (Wildman–Crippen MR) is 112 cm³/mol. The minimum atomic E-state index is -0.256. The third-order valence-corrected chi connectivity index (χ3v) is 5.93. The van der Waals surface area contributed by atoms with Crippen molar-refractivity contribution in [1.82, 2.24) is 9.78 Å². The molecule has 2 heterocycles. The van der Waals surface area contributed by atoms with Gasteiger partial charge in [0.1, 0.15) is 10.6 Å². The van der Waals surface area contributed by atoms with Gasteiger partial charge in [-0.25, -0.2) is 4.39 Å². The second kappa shape index (κ2) is 7.20. The number of thiophene rings is 1. The lowest BCUT2D eigenvalue weighted by Crippen LogP contribution is -2.25. The van der Waals surface area contributed by atoms with Crippen molar-refractivity contribution < 1.29 is 9.18 Å². The van der Waals surface area contributed by atoms with Crippen LogP contribution in [0.25, 0.3) is 10.2 Å². The monoisotopic (exact) mass is 393 g/mol. The van der Waals surface area contributed by atoms with Crippen molar-refractivity contribution in [3.05, 3.63) is 82.1 Å². The molecule has 0 spiro atoms. The number of fused-ring (bicyclic) bond motifs is 1. The van der Waals surface area contributed by atoms with Gasteiger partial charge in [-0.1, -0.05) is 29.8 Å². The van der Waals surface area contributed by atoms with Crippen LogP contribution in [0.1, 0.15) is 26.5 Å². The molecule has 0 saturated carbocycles. The van der Waals surface area contributed by atoms with E-state index >= 15 is 0 Å². The first-order valence-electron chi connectivity index (χ1n) is 8.98. The molecule has 4 aromatic rings. The molecule has 0 aliphatic carbocycles. The number of nitrogens with zero attached hydrogens (tertiary/aromatic N) is 3. The standard InChI is InChI=1S/C22H20FN3OS/c1-14-4-10-18(11-5-14)25(3)21(27)20-12-19-15(2)24-26(22(19)28-20)13-16-6-8-17(23)9-7-16/h4-12H,13H2,1-3H3. The number of anilines is 1. The molecule has 0 bridgehead atoms. The van der Waals surface area contributed by atoms with Gasteiger partial charge >= 0.3 is 0 Å².